The van der Waals surface area contributed by atoms with Crippen LogP contribution in [0.25, 0.3) is 0 Å². The predicted octanol–water partition coefficient (Wildman–Crippen LogP) is 1.89. The van der Waals surface area contributed by atoms with E-state index in [0.29, 0.717) is 12.1 Å². The fourth-order valence-corrected chi connectivity index (χ4v) is 2.94. The highest BCUT2D eigenvalue weighted by Gasteiger charge is 2.40. The molecule has 0 spiro atoms. The van der Waals surface area contributed by atoms with Crippen LogP contribution in [-0.4, -0.2) is 35.7 Å². The maximum absolute atomic E-state index is 12.1. The molecule has 2 atom stereocenters. The molecule has 0 amide bonds. The highest BCUT2D eigenvalue weighted by atomic mass is 19.4. The zero-order chi connectivity index (χ0) is 11.1. The van der Waals surface area contributed by atoms with E-state index in [1.165, 1.54) is 0 Å². The fraction of sp³-hybridized carbons (Fsp3) is 1.00. The highest BCUT2D eigenvalue weighted by molar-refractivity contribution is 4.96. The van der Waals surface area contributed by atoms with Crippen molar-refractivity contribution in [2.45, 2.75) is 56.4 Å². The topological polar surface area (TPSA) is 29.3 Å². The Balaban J connectivity index is 1.89. The van der Waals surface area contributed by atoms with E-state index in [2.05, 4.69) is 0 Å². The molecule has 2 bridgehead atoms. The Kier molecular flexibility index (Phi) is 2.94. The molecule has 2 unspecified atom stereocenters. The summed E-state index contributed by atoms with van der Waals surface area (Å²) in [5.41, 5.74) is 5.85. The molecule has 2 fully saturated rings. The normalized spacial score (nSPS) is 37.2. The number of alkyl halides is 3. The van der Waals surface area contributed by atoms with E-state index in [1.54, 1.807) is 0 Å². The molecule has 0 aromatic rings. The summed E-state index contributed by atoms with van der Waals surface area (Å²) >= 11 is 0. The van der Waals surface area contributed by atoms with Crippen molar-refractivity contribution in [2.75, 3.05) is 6.54 Å². The lowest BCUT2D eigenvalue weighted by Gasteiger charge is -2.37. The van der Waals surface area contributed by atoms with Gasteiger partial charge in [0.15, 0.2) is 0 Å². The van der Waals surface area contributed by atoms with Gasteiger partial charge in [-0.15, -0.1) is 0 Å². The molecule has 0 aromatic heterocycles. The first kappa shape index (κ1) is 11.2. The Morgan fingerprint density at radius 2 is 1.67 bits per heavy atom. The molecule has 0 saturated carbocycles. The zero-order valence-corrected chi connectivity index (χ0v) is 8.63. The highest BCUT2D eigenvalue weighted by Crippen LogP contribution is 2.36. The molecule has 2 aliphatic heterocycles. The molecule has 2 aliphatic rings. The van der Waals surface area contributed by atoms with E-state index in [0.717, 1.165) is 25.7 Å². The van der Waals surface area contributed by atoms with Crippen LogP contribution in [0.15, 0.2) is 0 Å². The van der Waals surface area contributed by atoms with Gasteiger partial charge in [-0.3, -0.25) is 4.90 Å². The van der Waals surface area contributed by atoms with E-state index in [-0.39, 0.29) is 12.6 Å². The Labute approximate surface area is 87.6 Å². The molecule has 2 rings (SSSR count). The van der Waals surface area contributed by atoms with Crippen LogP contribution in [0.2, 0.25) is 0 Å². The summed E-state index contributed by atoms with van der Waals surface area (Å²) in [5, 5.41) is 0. The first-order chi connectivity index (χ1) is 6.96. The number of piperidine rings is 1. The first-order valence-corrected chi connectivity index (χ1v) is 5.54. The molecule has 2 heterocycles. The van der Waals surface area contributed by atoms with Crippen molar-refractivity contribution in [3.05, 3.63) is 0 Å². The second kappa shape index (κ2) is 3.94. The lowest BCUT2D eigenvalue weighted by atomic mass is 9.98. The summed E-state index contributed by atoms with van der Waals surface area (Å²) in [6.45, 7) is 0.158. The summed E-state index contributed by atoms with van der Waals surface area (Å²) in [4.78, 5) is 2.02. The second-order valence-electron chi connectivity index (χ2n) is 4.72. The van der Waals surface area contributed by atoms with Crippen LogP contribution in [0.4, 0.5) is 13.2 Å². The van der Waals surface area contributed by atoms with Gasteiger partial charge in [0.25, 0.3) is 0 Å². The molecule has 5 heteroatoms. The monoisotopic (exact) mass is 222 g/mol. The smallest absolute Gasteiger partial charge is 0.328 e. The molecule has 0 radical (unpaired) electrons. The van der Waals surface area contributed by atoms with E-state index >= 15 is 0 Å². The fourth-order valence-electron chi connectivity index (χ4n) is 2.94. The molecular formula is C10H17F3N2. The Hall–Kier alpha value is -0.290. The Bertz CT molecular complexity index is 215. The molecule has 2 N–H and O–H groups in total. The standard InChI is InChI=1S/C10H17F3N2/c11-10(12,13)3-4-15-8-1-2-9(15)6-7(14)5-8/h7-9H,1-6,14H2. The van der Waals surface area contributed by atoms with Gasteiger partial charge < -0.3 is 5.73 Å². The largest absolute Gasteiger partial charge is 0.390 e. The predicted molar refractivity (Wildman–Crippen MR) is 51.4 cm³/mol. The lowest BCUT2D eigenvalue weighted by molar-refractivity contribution is -0.140. The van der Waals surface area contributed by atoms with Crippen molar-refractivity contribution >= 4 is 0 Å². The van der Waals surface area contributed by atoms with Crippen molar-refractivity contribution in [1.29, 1.82) is 0 Å². The van der Waals surface area contributed by atoms with Crippen LogP contribution in [0.5, 0.6) is 0 Å². The van der Waals surface area contributed by atoms with Crippen molar-refractivity contribution in [3.8, 4) is 0 Å². The van der Waals surface area contributed by atoms with Crippen LogP contribution in [0.1, 0.15) is 32.1 Å². The second-order valence-corrected chi connectivity index (χ2v) is 4.72. The minimum Gasteiger partial charge on any atom is -0.328 e. The number of hydrogen-bond donors (Lipinski definition) is 1. The number of hydrogen-bond acceptors (Lipinski definition) is 2. The Morgan fingerprint density at radius 1 is 1.13 bits per heavy atom. The van der Waals surface area contributed by atoms with Gasteiger partial charge in [0.05, 0.1) is 6.42 Å². The van der Waals surface area contributed by atoms with Crippen molar-refractivity contribution in [1.82, 2.24) is 4.90 Å². The average Bonchev–Trinajstić information content (AvgIpc) is 2.33. The maximum Gasteiger partial charge on any atom is 0.390 e. The third kappa shape index (κ3) is 2.64. The summed E-state index contributed by atoms with van der Waals surface area (Å²) in [7, 11) is 0. The third-order valence-corrected chi connectivity index (χ3v) is 3.57. The van der Waals surface area contributed by atoms with Crippen LogP contribution in [0.3, 0.4) is 0 Å². The van der Waals surface area contributed by atoms with Gasteiger partial charge in [-0.05, 0) is 25.7 Å². The van der Waals surface area contributed by atoms with Gasteiger partial charge >= 0.3 is 6.18 Å². The number of nitrogens with zero attached hydrogens (tertiary/aromatic N) is 1. The van der Waals surface area contributed by atoms with Gasteiger partial charge in [-0.25, -0.2) is 0 Å². The number of rotatable bonds is 2. The van der Waals surface area contributed by atoms with Gasteiger partial charge in [0.2, 0.25) is 0 Å². The first-order valence-electron chi connectivity index (χ1n) is 5.54. The van der Waals surface area contributed by atoms with Gasteiger partial charge in [-0.2, -0.15) is 13.2 Å². The molecule has 0 aliphatic carbocycles. The van der Waals surface area contributed by atoms with Crippen LogP contribution >= 0.6 is 0 Å². The quantitative estimate of drug-likeness (QED) is 0.773. The molecule has 15 heavy (non-hydrogen) atoms. The minimum absolute atomic E-state index is 0.158. The minimum atomic E-state index is -4.03. The lowest BCUT2D eigenvalue weighted by Crippen LogP contribution is -2.48. The number of halogens is 3. The molecule has 2 saturated heterocycles. The molecule has 0 aromatic carbocycles. The molecule has 2 nitrogen and oxygen atoms in total. The van der Waals surface area contributed by atoms with E-state index < -0.39 is 12.6 Å². The zero-order valence-electron chi connectivity index (χ0n) is 8.63. The van der Waals surface area contributed by atoms with Crippen LogP contribution < -0.4 is 5.73 Å². The van der Waals surface area contributed by atoms with Crippen LogP contribution in [0, 0.1) is 0 Å². The van der Waals surface area contributed by atoms with Crippen molar-refractivity contribution in [3.63, 3.8) is 0 Å². The van der Waals surface area contributed by atoms with Gasteiger partial charge in [-0.1, -0.05) is 0 Å². The van der Waals surface area contributed by atoms with E-state index in [9.17, 15) is 13.2 Å². The summed E-state index contributed by atoms with van der Waals surface area (Å²) in [6.07, 6.45) is -0.927. The molecular weight excluding hydrogens is 205 g/mol. The Morgan fingerprint density at radius 3 is 2.13 bits per heavy atom. The summed E-state index contributed by atoms with van der Waals surface area (Å²) in [5.74, 6) is 0. The number of fused-ring (bicyclic) bond motifs is 2. The van der Waals surface area contributed by atoms with Crippen molar-refractivity contribution < 1.29 is 13.2 Å². The SMILES string of the molecule is NC1CC2CCC(C1)N2CCC(F)(F)F. The number of nitrogens with two attached hydrogens (primary N) is 1. The van der Waals surface area contributed by atoms with Gasteiger partial charge in [0.1, 0.15) is 0 Å². The van der Waals surface area contributed by atoms with Gasteiger partial charge in [0, 0.05) is 24.7 Å². The van der Waals surface area contributed by atoms with E-state index in [4.69, 9.17) is 5.73 Å². The average molecular weight is 222 g/mol. The summed E-state index contributed by atoms with van der Waals surface area (Å²) in [6, 6.07) is 0.812. The van der Waals surface area contributed by atoms with Crippen LogP contribution in [-0.2, 0) is 0 Å². The summed E-state index contributed by atoms with van der Waals surface area (Å²) < 4.78 is 36.3. The molecule has 88 valence electrons. The maximum atomic E-state index is 12.1. The third-order valence-electron chi connectivity index (χ3n) is 3.57. The van der Waals surface area contributed by atoms with E-state index in [1.807, 2.05) is 4.90 Å². The van der Waals surface area contributed by atoms with Crippen molar-refractivity contribution in [2.24, 2.45) is 5.73 Å².